The first-order valence-corrected chi connectivity index (χ1v) is 16.5. The molecule has 2 aromatic carbocycles. The van der Waals surface area contributed by atoms with Gasteiger partial charge in [0.25, 0.3) is 5.91 Å². The molecule has 0 radical (unpaired) electrons. The number of carbonyl (C=O) groups excluding carboxylic acids is 3. The van der Waals surface area contributed by atoms with Gasteiger partial charge in [0.05, 0.1) is 25.4 Å². The SMILES string of the molecule is CCCCCCCCCCCCCCOc1ccc(OCc2ccccc2)c(C(=O)N(CC(=O)OCC)CC(=O)OCC)c1. The van der Waals surface area contributed by atoms with Gasteiger partial charge in [-0.1, -0.05) is 108 Å². The van der Waals surface area contributed by atoms with Gasteiger partial charge in [-0.2, -0.15) is 0 Å². The molecule has 0 spiro atoms. The minimum Gasteiger partial charge on any atom is -0.494 e. The summed E-state index contributed by atoms with van der Waals surface area (Å²) < 4.78 is 22.2. The molecule has 2 aromatic rings. The zero-order chi connectivity index (χ0) is 31.8. The molecule has 0 atom stereocenters. The molecule has 0 saturated heterocycles. The molecule has 1 amide bonds. The highest BCUT2D eigenvalue weighted by molar-refractivity contribution is 6.00. The summed E-state index contributed by atoms with van der Waals surface area (Å²) in [6.07, 6.45) is 15.2. The molecule has 44 heavy (non-hydrogen) atoms. The summed E-state index contributed by atoms with van der Waals surface area (Å²) in [5.74, 6) is -0.928. The summed E-state index contributed by atoms with van der Waals surface area (Å²) in [4.78, 5) is 39.5. The van der Waals surface area contributed by atoms with E-state index in [9.17, 15) is 14.4 Å². The van der Waals surface area contributed by atoms with Gasteiger partial charge in [-0.25, -0.2) is 0 Å². The van der Waals surface area contributed by atoms with Crippen molar-refractivity contribution in [1.29, 1.82) is 0 Å². The number of hydrogen-bond acceptors (Lipinski definition) is 7. The van der Waals surface area contributed by atoms with E-state index in [0.29, 0.717) is 18.1 Å². The second-order valence-electron chi connectivity index (χ2n) is 10.9. The number of esters is 2. The van der Waals surface area contributed by atoms with Gasteiger partial charge in [0, 0.05) is 0 Å². The van der Waals surface area contributed by atoms with Crippen LogP contribution in [0.4, 0.5) is 0 Å². The first-order valence-electron chi connectivity index (χ1n) is 16.5. The molecule has 8 heteroatoms. The average molecular weight is 612 g/mol. The van der Waals surface area contributed by atoms with E-state index < -0.39 is 30.9 Å². The Morgan fingerprint density at radius 1 is 0.636 bits per heavy atom. The van der Waals surface area contributed by atoms with Crippen LogP contribution in [0, 0.1) is 0 Å². The Bertz CT molecular complexity index is 1070. The van der Waals surface area contributed by atoms with Crippen LogP contribution in [-0.2, 0) is 25.7 Å². The van der Waals surface area contributed by atoms with Gasteiger partial charge in [0.2, 0.25) is 0 Å². The topological polar surface area (TPSA) is 91.4 Å². The van der Waals surface area contributed by atoms with E-state index in [-0.39, 0.29) is 25.4 Å². The van der Waals surface area contributed by atoms with Crippen molar-refractivity contribution in [1.82, 2.24) is 4.90 Å². The molecule has 0 aromatic heterocycles. The molecule has 0 aliphatic rings. The Kier molecular flexibility index (Phi) is 19.1. The normalized spacial score (nSPS) is 10.7. The van der Waals surface area contributed by atoms with Crippen LogP contribution < -0.4 is 9.47 Å². The van der Waals surface area contributed by atoms with Gasteiger partial charge in [-0.3, -0.25) is 14.4 Å². The summed E-state index contributed by atoms with van der Waals surface area (Å²) in [6, 6.07) is 14.7. The van der Waals surface area contributed by atoms with Crippen LogP contribution >= 0.6 is 0 Å². The zero-order valence-electron chi connectivity index (χ0n) is 27.2. The number of amides is 1. The van der Waals surface area contributed by atoms with Crippen molar-refractivity contribution in [3.05, 3.63) is 59.7 Å². The minimum atomic E-state index is -0.615. The predicted octanol–water partition coefficient (Wildman–Crippen LogP) is 7.91. The first kappa shape index (κ1) is 36.6. The number of ether oxygens (including phenoxy) is 4. The monoisotopic (exact) mass is 611 g/mol. The lowest BCUT2D eigenvalue weighted by atomic mass is 10.1. The van der Waals surface area contributed by atoms with Crippen molar-refractivity contribution in [3.8, 4) is 11.5 Å². The molecule has 0 N–H and O–H groups in total. The molecule has 0 unspecified atom stereocenters. The Labute approximate surface area is 264 Å². The predicted molar refractivity (Wildman–Crippen MR) is 173 cm³/mol. The Hall–Kier alpha value is -3.55. The smallest absolute Gasteiger partial charge is 0.325 e. The van der Waals surface area contributed by atoms with Gasteiger partial charge in [0.15, 0.2) is 0 Å². The maximum absolute atomic E-state index is 13.8. The standard InChI is InChI=1S/C36H53NO7/c1-4-7-8-9-10-11-12-13-14-15-16-20-25-43-31-23-24-33(44-29-30-21-18-17-19-22-30)32(26-31)36(40)37(27-34(38)41-5-2)28-35(39)42-6-3/h17-19,21-24,26H,4-16,20,25,27-29H2,1-3H3. The molecule has 0 heterocycles. The molecule has 0 bridgehead atoms. The summed E-state index contributed by atoms with van der Waals surface area (Å²) in [7, 11) is 0. The number of unbranched alkanes of at least 4 members (excludes halogenated alkanes) is 11. The van der Waals surface area contributed by atoms with E-state index in [1.807, 2.05) is 30.3 Å². The fourth-order valence-corrected chi connectivity index (χ4v) is 4.86. The summed E-state index contributed by atoms with van der Waals surface area (Å²) in [5.41, 5.74) is 1.13. The third-order valence-electron chi connectivity index (χ3n) is 7.22. The number of carbonyl (C=O) groups is 3. The van der Waals surface area contributed by atoms with Crippen LogP contribution in [0.2, 0.25) is 0 Å². The highest BCUT2D eigenvalue weighted by atomic mass is 16.5. The lowest BCUT2D eigenvalue weighted by Crippen LogP contribution is -2.40. The second-order valence-corrected chi connectivity index (χ2v) is 10.9. The Morgan fingerprint density at radius 2 is 1.18 bits per heavy atom. The molecular formula is C36H53NO7. The molecule has 2 rings (SSSR count). The lowest BCUT2D eigenvalue weighted by Gasteiger charge is -2.22. The molecule has 0 aliphatic heterocycles. The van der Waals surface area contributed by atoms with Gasteiger partial charge < -0.3 is 23.8 Å². The van der Waals surface area contributed by atoms with E-state index >= 15 is 0 Å². The summed E-state index contributed by atoms with van der Waals surface area (Å²) in [6.45, 7) is 5.93. The molecule has 244 valence electrons. The number of hydrogen-bond donors (Lipinski definition) is 0. The highest BCUT2D eigenvalue weighted by Gasteiger charge is 2.26. The zero-order valence-corrected chi connectivity index (χ0v) is 27.2. The number of benzene rings is 2. The first-order chi connectivity index (χ1) is 21.5. The van der Waals surface area contributed by atoms with Crippen molar-refractivity contribution >= 4 is 17.8 Å². The van der Waals surface area contributed by atoms with E-state index in [0.717, 1.165) is 23.3 Å². The highest BCUT2D eigenvalue weighted by Crippen LogP contribution is 2.27. The fraction of sp³-hybridized carbons (Fsp3) is 0.583. The van der Waals surface area contributed by atoms with Crippen LogP contribution in [0.3, 0.4) is 0 Å². The number of nitrogens with zero attached hydrogens (tertiary/aromatic N) is 1. The third kappa shape index (κ3) is 15.3. The largest absolute Gasteiger partial charge is 0.494 e. The summed E-state index contributed by atoms with van der Waals surface area (Å²) in [5, 5.41) is 0. The molecular weight excluding hydrogens is 558 g/mol. The lowest BCUT2D eigenvalue weighted by molar-refractivity contribution is -0.147. The van der Waals surface area contributed by atoms with Crippen molar-refractivity contribution < 1.29 is 33.3 Å². The van der Waals surface area contributed by atoms with Crippen LogP contribution in [0.1, 0.15) is 114 Å². The van der Waals surface area contributed by atoms with Gasteiger partial charge in [0.1, 0.15) is 31.2 Å². The average Bonchev–Trinajstić information content (AvgIpc) is 3.02. The quantitative estimate of drug-likeness (QED) is 0.0880. The van der Waals surface area contributed by atoms with E-state index in [1.54, 1.807) is 32.0 Å². The molecule has 0 saturated carbocycles. The van der Waals surface area contributed by atoms with Gasteiger partial charge >= 0.3 is 11.9 Å². The van der Waals surface area contributed by atoms with E-state index in [1.165, 1.54) is 64.2 Å². The van der Waals surface area contributed by atoms with Crippen molar-refractivity contribution in [2.24, 2.45) is 0 Å². The maximum atomic E-state index is 13.8. The fourth-order valence-electron chi connectivity index (χ4n) is 4.86. The molecule has 0 aliphatic carbocycles. The van der Waals surface area contributed by atoms with Crippen molar-refractivity contribution in [2.45, 2.75) is 104 Å². The Balaban J connectivity index is 2.00. The molecule has 8 nitrogen and oxygen atoms in total. The van der Waals surface area contributed by atoms with Crippen LogP contribution in [0.15, 0.2) is 48.5 Å². The summed E-state index contributed by atoms with van der Waals surface area (Å²) >= 11 is 0. The minimum absolute atomic E-state index is 0.161. The number of rotatable bonds is 24. The van der Waals surface area contributed by atoms with E-state index in [4.69, 9.17) is 18.9 Å². The van der Waals surface area contributed by atoms with Gasteiger partial charge in [-0.05, 0) is 44.0 Å². The third-order valence-corrected chi connectivity index (χ3v) is 7.22. The van der Waals surface area contributed by atoms with E-state index in [2.05, 4.69) is 6.92 Å². The van der Waals surface area contributed by atoms with Crippen LogP contribution in [0.25, 0.3) is 0 Å². The maximum Gasteiger partial charge on any atom is 0.325 e. The molecule has 0 fully saturated rings. The van der Waals surface area contributed by atoms with Gasteiger partial charge in [-0.15, -0.1) is 0 Å². The van der Waals surface area contributed by atoms with Crippen molar-refractivity contribution in [2.75, 3.05) is 32.9 Å². The van der Waals surface area contributed by atoms with Crippen molar-refractivity contribution in [3.63, 3.8) is 0 Å². The Morgan fingerprint density at radius 3 is 1.73 bits per heavy atom. The van der Waals surface area contributed by atoms with Crippen LogP contribution in [-0.4, -0.2) is 55.7 Å². The van der Waals surface area contributed by atoms with Crippen LogP contribution in [0.5, 0.6) is 11.5 Å². The second kappa shape index (κ2) is 22.9.